The second-order valence-corrected chi connectivity index (χ2v) is 9.04. The smallest absolute Gasteiger partial charge is 0.321 e. The first-order chi connectivity index (χ1) is 16.9. The maximum atomic E-state index is 13.0. The van der Waals surface area contributed by atoms with Gasteiger partial charge in [-0.1, -0.05) is 29.8 Å². The number of anilines is 2. The van der Waals surface area contributed by atoms with Gasteiger partial charge in [-0.05, 0) is 63.9 Å². The molecule has 0 unspecified atom stereocenters. The molecule has 35 heavy (non-hydrogen) atoms. The third kappa shape index (κ3) is 6.29. The van der Waals surface area contributed by atoms with E-state index in [1.54, 1.807) is 0 Å². The molecule has 7 nitrogen and oxygen atoms in total. The van der Waals surface area contributed by atoms with Crippen LogP contribution in [0.15, 0.2) is 48.5 Å². The summed E-state index contributed by atoms with van der Waals surface area (Å²) >= 11 is 0. The van der Waals surface area contributed by atoms with Crippen LogP contribution in [0.25, 0.3) is 0 Å². The van der Waals surface area contributed by atoms with Crippen LogP contribution in [0.2, 0.25) is 0 Å². The van der Waals surface area contributed by atoms with Crippen LogP contribution in [0.1, 0.15) is 41.6 Å². The fraction of sp³-hybridized carbons (Fsp3) is 0.393. The summed E-state index contributed by atoms with van der Waals surface area (Å²) in [6, 6.07) is 16.1. The molecule has 4 rings (SSSR count). The van der Waals surface area contributed by atoms with E-state index in [0.29, 0.717) is 19.7 Å². The van der Waals surface area contributed by atoms with Gasteiger partial charge in [0.1, 0.15) is 17.4 Å². The van der Waals surface area contributed by atoms with Crippen LogP contribution in [0.4, 0.5) is 16.3 Å². The minimum atomic E-state index is -0.0778. The number of hydrogen-bond acceptors (Lipinski definition) is 5. The second kappa shape index (κ2) is 11.2. The minimum Gasteiger partial charge on any atom is -0.494 e. The first-order valence-electron chi connectivity index (χ1n) is 12.4. The molecule has 0 saturated carbocycles. The number of ether oxygens (including phenoxy) is 1. The fourth-order valence-electron chi connectivity index (χ4n) is 4.43. The molecule has 0 spiro atoms. The van der Waals surface area contributed by atoms with Gasteiger partial charge in [0.05, 0.1) is 6.61 Å². The molecule has 1 aliphatic heterocycles. The van der Waals surface area contributed by atoms with Gasteiger partial charge in [0.25, 0.3) is 0 Å². The Hall–Kier alpha value is -3.61. The number of carbonyl (C=O) groups excluding carboxylic acids is 1. The normalized spacial score (nSPS) is 13.9. The van der Waals surface area contributed by atoms with Crippen LogP contribution in [0.3, 0.4) is 0 Å². The SMILES string of the molecule is CCOc1ccc(NC(=O)N2CCCN(c3nc(C)nc(C)c3Cc3ccc(C)cc3)CC2)cc1. The maximum Gasteiger partial charge on any atom is 0.321 e. The Bertz CT molecular complexity index is 1150. The Kier molecular flexibility index (Phi) is 7.85. The van der Waals surface area contributed by atoms with Crippen LogP contribution in [0.5, 0.6) is 5.75 Å². The predicted molar refractivity (Wildman–Crippen MR) is 141 cm³/mol. The standard InChI is InChI=1S/C28H35N5O2/c1-5-35-25-13-11-24(12-14-25)31-28(34)33-16-6-15-32(17-18-33)27-26(21(3)29-22(4)30-27)19-23-9-7-20(2)8-10-23/h7-14H,5-6,15-19H2,1-4H3,(H,31,34). The quantitative estimate of drug-likeness (QED) is 0.537. The summed E-state index contributed by atoms with van der Waals surface area (Å²) in [7, 11) is 0. The molecule has 0 atom stereocenters. The number of rotatable bonds is 6. The molecule has 0 radical (unpaired) electrons. The lowest BCUT2D eigenvalue weighted by molar-refractivity contribution is 0.215. The topological polar surface area (TPSA) is 70.6 Å². The lowest BCUT2D eigenvalue weighted by Gasteiger charge is -2.26. The molecular weight excluding hydrogens is 438 g/mol. The summed E-state index contributed by atoms with van der Waals surface area (Å²) in [5.74, 6) is 2.57. The van der Waals surface area contributed by atoms with Crippen LogP contribution < -0.4 is 15.0 Å². The highest BCUT2D eigenvalue weighted by molar-refractivity contribution is 5.89. The van der Waals surface area contributed by atoms with Crippen LogP contribution in [0, 0.1) is 20.8 Å². The Labute approximate surface area is 208 Å². The molecule has 1 aliphatic rings. The minimum absolute atomic E-state index is 0.0778. The van der Waals surface area contributed by atoms with E-state index < -0.39 is 0 Å². The molecule has 1 N–H and O–H groups in total. The predicted octanol–water partition coefficient (Wildman–Crippen LogP) is 5.14. The van der Waals surface area contributed by atoms with E-state index in [-0.39, 0.29) is 6.03 Å². The molecule has 2 amide bonds. The van der Waals surface area contributed by atoms with Gasteiger partial charge in [0.15, 0.2) is 0 Å². The Morgan fingerprint density at radius 1 is 0.943 bits per heavy atom. The summed E-state index contributed by atoms with van der Waals surface area (Å²) in [5, 5.41) is 3.02. The van der Waals surface area contributed by atoms with Gasteiger partial charge in [0.2, 0.25) is 0 Å². The zero-order chi connectivity index (χ0) is 24.8. The average Bonchev–Trinajstić information content (AvgIpc) is 3.10. The van der Waals surface area contributed by atoms with Gasteiger partial charge in [-0.2, -0.15) is 0 Å². The van der Waals surface area contributed by atoms with Crippen molar-refractivity contribution in [3.63, 3.8) is 0 Å². The van der Waals surface area contributed by atoms with E-state index in [2.05, 4.69) is 53.3 Å². The van der Waals surface area contributed by atoms with Gasteiger partial charge in [0, 0.05) is 49.5 Å². The number of carbonyl (C=O) groups is 1. The van der Waals surface area contributed by atoms with Crippen molar-refractivity contribution >= 4 is 17.5 Å². The lowest BCUT2D eigenvalue weighted by atomic mass is 10.0. The summed E-state index contributed by atoms with van der Waals surface area (Å²) in [4.78, 5) is 26.7. The van der Waals surface area contributed by atoms with E-state index in [1.165, 1.54) is 11.1 Å². The van der Waals surface area contributed by atoms with Crippen molar-refractivity contribution in [1.29, 1.82) is 0 Å². The van der Waals surface area contributed by atoms with Crippen molar-refractivity contribution in [3.05, 3.63) is 76.7 Å². The maximum absolute atomic E-state index is 13.0. The molecule has 3 aromatic rings. The Balaban J connectivity index is 1.45. The zero-order valence-electron chi connectivity index (χ0n) is 21.2. The van der Waals surface area contributed by atoms with Gasteiger partial charge >= 0.3 is 6.03 Å². The largest absolute Gasteiger partial charge is 0.494 e. The summed E-state index contributed by atoms with van der Waals surface area (Å²) in [6.45, 7) is 11.6. The van der Waals surface area contributed by atoms with Crippen molar-refractivity contribution in [2.45, 2.75) is 40.5 Å². The van der Waals surface area contributed by atoms with E-state index in [0.717, 1.165) is 60.3 Å². The highest BCUT2D eigenvalue weighted by Crippen LogP contribution is 2.25. The van der Waals surface area contributed by atoms with Crippen LogP contribution in [-0.4, -0.2) is 53.7 Å². The van der Waals surface area contributed by atoms with E-state index in [4.69, 9.17) is 9.72 Å². The summed E-state index contributed by atoms with van der Waals surface area (Å²) in [6.07, 6.45) is 1.67. The number of benzene rings is 2. The number of hydrogen-bond donors (Lipinski definition) is 1. The van der Waals surface area contributed by atoms with Crippen molar-refractivity contribution in [3.8, 4) is 5.75 Å². The molecule has 7 heteroatoms. The number of nitrogens with one attached hydrogen (secondary N) is 1. The number of amides is 2. The molecule has 0 aliphatic carbocycles. The molecular formula is C28H35N5O2. The van der Waals surface area contributed by atoms with Crippen molar-refractivity contribution in [2.24, 2.45) is 0 Å². The molecule has 1 aromatic heterocycles. The zero-order valence-corrected chi connectivity index (χ0v) is 21.2. The van der Waals surface area contributed by atoms with Crippen LogP contribution >= 0.6 is 0 Å². The Morgan fingerprint density at radius 2 is 1.69 bits per heavy atom. The molecule has 1 fully saturated rings. The number of nitrogens with zero attached hydrogens (tertiary/aromatic N) is 4. The molecule has 0 bridgehead atoms. The van der Waals surface area contributed by atoms with Gasteiger partial charge in [-0.3, -0.25) is 0 Å². The average molecular weight is 474 g/mol. The first-order valence-corrected chi connectivity index (χ1v) is 12.4. The monoisotopic (exact) mass is 473 g/mol. The molecule has 2 heterocycles. The van der Waals surface area contributed by atoms with Gasteiger partial charge < -0.3 is 19.9 Å². The van der Waals surface area contributed by atoms with Gasteiger partial charge in [-0.15, -0.1) is 0 Å². The van der Waals surface area contributed by atoms with Crippen molar-refractivity contribution in [2.75, 3.05) is 43.0 Å². The number of aromatic nitrogens is 2. The second-order valence-electron chi connectivity index (χ2n) is 9.04. The first kappa shape index (κ1) is 24.5. The van der Waals surface area contributed by atoms with E-state index in [1.807, 2.05) is 43.0 Å². The summed E-state index contributed by atoms with van der Waals surface area (Å²) in [5.41, 5.74) is 5.44. The lowest BCUT2D eigenvalue weighted by Crippen LogP contribution is -2.38. The summed E-state index contributed by atoms with van der Waals surface area (Å²) < 4.78 is 5.48. The van der Waals surface area contributed by atoms with E-state index >= 15 is 0 Å². The third-order valence-corrected chi connectivity index (χ3v) is 6.30. The number of aryl methyl sites for hydroxylation is 3. The van der Waals surface area contributed by atoms with Gasteiger partial charge in [-0.25, -0.2) is 14.8 Å². The van der Waals surface area contributed by atoms with Crippen molar-refractivity contribution in [1.82, 2.24) is 14.9 Å². The molecule has 184 valence electrons. The highest BCUT2D eigenvalue weighted by atomic mass is 16.5. The van der Waals surface area contributed by atoms with Crippen LogP contribution in [-0.2, 0) is 6.42 Å². The molecule has 1 saturated heterocycles. The third-order valence-electron chi connectivity index (χ3n) is 6.30. The fourth-order valence-corrected chi connectivity index (χ4v) is 4.43. The number of urea groups is 1. The Morgan fingerprint density at radius 3 is 2.40 bits per heavy atom. The molecule has 2 aromatic carbocycles. The van der Waals surface area contributed by atoms with Crippen molar-refractivity contribution < 1.29 is 9.53 Å². The highest BCUT2D eigenvalue weighted by Gasteiger charge is 2.23. The van der Waals surface area contributed by atoms with E-state index in [9.17, 15) is 4.79 Å².